The van der Waals surface area contributed by atoms with Gasteiger partial charge in [0.05, 0.1) is 19.3 Å². The van der Waals surface area contributed by atoms with E-state index in [0.29, 0.717) is 30.4 Å². The first-order valence-electron chi connectivity index (χ1n) is 7.90. The van der Waals surface area contributed by atoms with Crippen LogP contribution in [0.4, 0.5) is 0 Å². The summed E-state index contributed by atoms with van der Waals surface area (Å²) in [7, 11) is 3.27. The first kappa shape index (κ1) is 16.2. The van der Waals surface area contributed by atoms with Gasteiger partial charge in [0, 0.05) is 25.9 Å². The normalized spacial score (nSPS) is 17.6. The van der Waals surface area contributed by atoms with E-state index in [2.05, 4.69) is 15.3 Å². The van der Waals surface area contributed by atoms with Gasteiger partial charge >= 0.3 is 0 Å². The molecular formula is C16H21N5O3. The van der Waals surface area contributed by atoms with Crippen LogP contribution < -0.4 is 9.47 Å². The van der Waals surface area contributed by atoms with Gasteiger partial charge in [-0.05, 0) is 25.8 Å². The number of likely N-dealkylation sites (tertiary alicyclic amines) is 1. The van der Waals surface area contributed by atoms with E-state index >= 15 is 0 Å². The zero-order chi connectivity index (χ0) is 17.1. The van der Waals surface area contributed by atoms with Crippen molar-refractivity contribution in [3.63, 3.8) is 0 Å². The molecule has 0 aliphatic carbocycles. The fourth-order valence-corrected chi connectivity index (χ4v) is 2.78. The Morgan fingerprint density at radius 3 is 2.88 bits per heavy atom. The van der Waals surface area contributed by atoms with Crippen LogP contribution >= 0.6 is 0 Å². The highest BCUT2D eigenvalue weighted by atomic mass is 16.5. The lowest BCUT2D eigenvalue weighted by Crippen LogP contribution is -2.44. The van der Waals surface area contributed by atoms with Crippen LogP contribution in [0.15, 0.2) is 18.3 Å². The minimum Gasteiger partial charge on any atom is -0.479 e. The molecule has 0 spiro atoms. The van der Waals surface area contributed by atoms with Crippen LogP contribution in [-0.2, 0) is 7.05 Å². The Labute approximate surface area is 140 Å². The number of hydrogen-bond acceptors (Lipinski definition) is 6. The first-order valence-corrected chi connectivity index (χ1v) is 7.90. The monoisotopic (exact) mass is 331 g/mol. The number of piperidine rings is 1. The molecule has 8 heteroatoms. The summed E-state index contributed by atoms with van der Waals surface area (Å²) in [5.41, 5.74) is 1.31. The average Bonchev–Trinajstić information content (AvgIpc) is 2.97. The van der Waals surface area contributed by atoms with Gasteiger partial charge in [-0.2, -0.15) is 5.10 Å². The standard InChI is InChI=1S/C16H21N5O3/c1-11-6-7-14(18-17-11)24-12-5-4-8-21(9-12)16(22)13-10-20(2)19-15(13)23-3/h6-7,10,12H,4-5,8-9H2,1-3H3. The zero-order valence-corrected chi connectivity index (χ0v) is 14.1. The van der Waals surface area contributed by atoms with E-state index in [1.54, 1.807) is 28.9 Å². The second kappa shape index (κ2) is 6.86. The highest BCUT2D eigenvalue weighted by molar-refractivity contribution is 5.96. The van der Waals surface area contributed by atoms with Gasteiger partial charge < -0.3 is 14.4 Å². The summed E-state index contributed by atoms with van der Waals surface area (Å²) >= 11 is 0. The smallest absolute Gasteiger partial charge is 0.261 e. The number of aryl methyl sites for hydroxylation is 2. The van der Waals surface area contributed by atoms with E-state index in [1.165, 1.54) is 7.11 Å². The summed E-state index contributed by atoms with van der Waals surface area (Å²) in [6.45, 7) is 3.07. The SMILES string of the molecule is COc1nn(C)cc1C(=O)N1CCCC(Oc2ccc(C)nn2)C1. The Hall–Kier alpha value is -2.64. The summed E-state index contributed by atoms with van der Waals surface area (Å²) in [5, 5.41) is 12.1. The molecule has 0 radical (unpaired) electrons. The molecule has 2 aromatic heterocycles. The molecule has 1 aliphatic heterocycles. The number of carbonyl (C=O) groups is 1. The molecule has 1 aliphatic rings. The Morgan fingerprint density at radius 2 is 2.17 bits per heavy atom. The van der Waals surface area contributed by atoms with Gasteiger partial charge in [-0.25, -0.2) is 0 Å². The van der Waals surface area contributed by atoms with Gasteiger partial charge in [0.25, 0.3) is 5.91 Å². The van der Waals surface area contributed by atoms with Crippen LogP contribution in [0.2, 0.25) is 0 Å². The molecule has 3 rings (SSSR count). The second-order valence-electron chi connectivity index (χ2n) is 5.87. The third-order valence-electron chi connectivity index (χ3n) is 3.94. The second-order valence-corrected chi connectivity index (χ2v) is 5.87. The molecule has 24 heavy (non-hydrogen) atoms. The molecule has 128 valence electrons. The van der Waals surface area contributed by atoms with Crippen LogP contribution in [0.1, 0.15) is 28.9 Å². The van der Waals surface area contributed by atoms with Crippen LogP contribution in [0.25, 0.3) is 0 Å². The minimum absolute atomic E-state index is 0.0942. The summed E-state index contributed by atoms with van der Waals surface area (Å²) in [4.78, 5) is 14.5. The van der Waals surface area contributed by atoms with Crippen molar-refractivity contribution in [3.8, 4) is 11.8 Å². The number of aromatic nitrogens is 4. The quantitative estimate of drug-likeness (QED) is 0.837. The van der Waals surface area contributed by atoms with Gasteiger partial charge in [-0.3, -0.25) is 9.48 Å². The average molecular weight is 331 g/mol. The summed E-state index contributed by atoms with van der Waals surface area (Å²) in [6.07, 6.45) is 3.33. The van der Waals surface area contributed by atoms with E-state index in [9.17, 15) is 4.79 Å². The van der Waals surface area contributed by atoms with Crippen molar-refractivity contribution < 1.29 is 14.3 Å². The molecule has 1 unspecified atom stereocenters. The fourth-order valence-electron chi connectivity index (χ4n) is 2.78. The Balaban J connectivity index is 1.68. The van der Waals surface area contributed by atoms with Crippen molar-refractivity contribution in [2.24, 2.45) is 7.05 Å². The van der Waals surface area contributed by atoms with E-state index in [-0.39, 0.29) is 12.0 Å². The molecule has 2 aromatic rings. The number of rotatable bonds is 4. The van der Waals surface area contributed by atoms with E-state index in [0.717, 1.165) is 18.5 Å². The van der Waals surface area contributed by atoms with Crippen LogP contribution in [-0.4, -0.2) is 57.1 Å². The van der Waals surface area contributed by atoms with Crippen molar-refractivity contribution in [1.29, 1.82) is 0 Å². The predicted octanol–water partition coefficient (Wildman–Crippen LogP) is 1.21. The number of methoxy groups -OCH3 is 1. The van der Waals surface area contributed by atoms with Crippen LogP contribution in [0, 0.1) is 6.92 Å². The van der Waals surface area contributed by atoms with E-state index in [4.69, 9.17) is 9.47 Å². The van der Waals surface area contributed by atoms with Crippen molar-refractivity contribution in [2.45, 2.75) is 25.9 Å². The molecule has 3 heterocycles. The highest BCUT2D eigenvalue weighted by Gasteiger charge is 2.28. The number of hydrogen-bond donors (Lipinski definition) is 0. The molecule has 0 bridgehead atoms. The molecule has 1 amide bonds. The lowest BCUT2D eigenvalue weighted by Gasteiger charge is -2.32. The molecule has 0 aromatic carbocycles. The van der Waals surface area contributed by atoms with E-state index in [1.807, 2.05) is 13.0 Å². The lowest BCUT2D eigenvalue weighted by atomic mass is 10.1. The maximum atomic E-state index is 12.7. The van der Waals surface area contributed by atoms with Gasteiger partial charge in [0.1, 0.15) is 11.7 Å². The number of amides is 1. The van der Waals surface area contributed by atoms with Crippen LogP contribution in [0.5, 0.6) is 11.8 Å². The Kier molecular flexibility index (Phi) is 4.64. The van der Waals surface area contributed by atoms with E-state index < -0.39 is 0 Å². The molecule has 1 fully saturated rings. The van der Waals surface area contributed by atoms with Crippen molar-refractivity contribution >= 4 is 5.91 Å². The summed E-state index contributed by atoms with van der Waals surface area (Å²) in [5.74, 6) is 0.733. The number of nitrogens with zero attached hydrogens (tertiary/aromatic N) is 5. The largest absolute Gasteiger partial charge is 0.479 e. The van der Waals surface area contributed by atoms with Gasteiger partial charge in [0.15, 0.2) is 0 Å². The van der Waals surface area contributed by atoms with Crippen molar-refractivity contribution in [1.82, 2.24) is 24.9 Å². The highest BCUT2D eigenvalue weighted by Crippen LogP contribution is 2.22. The third kappa shape index (κ3) is 3.47. The fraction of sp³-hybridized carbons (Fsp3) is 0.500. The number of carbonyl (C=O) groups excluding carboxylic acids is 1. The lowest BCUT2D eigenvalue weighted by molar-refractivity contribution is 0.0522. The molecule has 1 saturated heterocycles. The van der Waals surface area contributed by atoms with Gasteiger partial charge in [-0.15, -0.1) is 10.2 Å². The molecule has 8 nitrogen and oxygen atoms in total. The molecule has 1 atom stereocenters. The maximum absolute atomic E-state index is 12.7. The van der Waals surface area contributed by atoms with Gasteiger partial charge in [-0.1, -0.05) is 0 Å². The van der Waals surface area contributed by atoms with Crippen molar-refractivity contribution in [2.75, 3.05) is 20.2 Å². The molecular weight excluding hydrogens is 310 g/mol. The Bertz CT molecular complexity index is 713. The molecule has 0 saturated carbocycles. The maximum Gasteiger partial charge on any atom is 0.261 e. The van der Waals surface area contributed by atoms with Crippen LogP contribution in [0.3, 0.4) is 0 Å². The predicted molar refractivity (Wildman–Crippen MR) is 86.1 cm³/mol. The first-order chi connectivity index (χ1) is 11.6. The third-order valence-corrected chi connectivity index (χ3v) is 3.94. The zero-order valence-electron chi connectivity index (χ0n) is 14.1. The summed E-state index contributed by atoms with van der Waals surface area (Å²) < 4.78 is 12.6. The minimum atomic E-state index is -0.0950. The number of ether oxygens (including phenoxy) is 2. The Morgan fingerprint density at radius 1 is 1.33 bits per heavy atom. The molecule has 0 N–H and O–H groups in total. The topological polar surface area (TPSA) is 82.4 Å². The van der Waals surface area contributed by atoms with Gasteiger partial charge in [0.2, 0.25) is 11.8 Å². The van der Waals surface area contributed by atoms with Crippen molar-refractivity contribution in [3.05, 3.63) is 29.6 Å². The summed E-state index contributed by atoms with van der Waals surface area (Å²) in [6, 6.07) is 3.65.